The first-order valence-corrected chi connectivity index (χ1v) is 7.20. The second kappa shape index (κ2) is 4.66. The third kappa shape index (κ3) is 2.37. The number of benzene rings is 2. The molecule has 0 N–H and O–H groups in total. The highest BCUT2D eigenvalue weighted by Crippen LogP contribution is 2.30. The van der Waals surface area contributed by atoms with Crippen LogP contribution >= 0.6 is 10.7 Å². The standard InChI is InChI=1S/C12H7ClF2O2S/c13-18(16,17)12-10(14)7-6-9(11(12)15)8-4-2-1-3-5-8/h1-7H. The predicted molar refractivity (Wildman–Crippen MR) is 64.8 cm³/mol. The minimum atomic E-state index is -4.47. The normalized spacial score (nSPS) is 11.5. The molecule has 0 heterocycles. The van der Waals surface area contributed by atoms with Crippen LogP contribution in [0.5, 0.6) is 0 Å². The molecule has 0 saturated carbocycles. The molecule has 0 amide bonds. The van der Waals surface area contributed by atoms with Crippen molar-refractivity contribution in [3.63, 3.8) is 0 Å². The van der Waals surface area contributed by atoms with Crippen molar-refractivity contribution in [1.29, 1.82) is 0 Å². The zero-order valence-corrected chi connectivity index (χ0v) is 10.5. The molecule has 0 aromatic heterocycles. The van der Waals surface area contributed by atoms with Crippen molar-refractivity contribution in [1.82, 2.24) is 0 Å². The quantitative estimate of drug-likeness (QED) is 0.792. The first kappa shape index (κ1) is 13.0. The van der Waals surface area contributed by atoms with Crippen molar-refractivity contribution in [3.8, 4) is 11.1 Å². The van der Waals surface area contributed by atoms with Crippen molar-refractivity contribution in [3.05, 3.63) is 54.1 Å². The maximum absolute atomic E-state index is 14.0. The Labute approximate surface area is 107 Å². The van der Waals surface area contributed by atoms with Crippen LogP contribution in [-0.2, 0) is 9.05 Å². The number of rotatable bonds is 2. The van der Waals surface area contributed by atoms with Crippen molar-refractivity contribution >= 4 is 19.7 Å². The molecular formula is C12H7ClF2O2S. The lowest BCUT2D eigenvalue weighted by atomic mass is 10.1. The molecule has 94 valence electrons. The van der Waals surface area contributed by atoms with E-state index in [-0.39, 0.29) is 5.56 Å². The summed E-state index contributed by atoms with van der Waals surface area (Å²) in [6.07, 6.45) is 0. The lowest BCUT2D eigenvalue weighted by Gasteiger charge is -2.07. The lowest BCUT2D eigenvalue weighted by Crippen LogP contribution is -2.01. The van der Waals surface area contributed by atoms with Gasteiger partial charge in [-0.3, -0.25) is 0 Å². The SMILES string of the molecule is O=S(=O)(Cl)c1c(F)ccc(-c2ccccc2)c1F. The summed E-state index contributed by atoms with van der Waals surface area (Å²) >= 11 is 0. The van der Waals surface area contributed by atoms with Gasteiger partial charge in [0.05, 0.1) is 0 Å². The summed E-state index contributed by atoms with van der Waals surface area (Å²) in [6.45, 7) is 0. The number of hydrogen-bond donors (Lipinski definition) is 0. The van der Waals surface area contributed by atoms with Gasteiger partial charge in [0.1, 0.15) is 5.82 Å². The van der Waals surface area contributed by atoms with Gasteiger partial charge in [-0.25, -0.2) is 17.2 Å². The minimum Gasteiger partial charge on any atom is -0.207 e. The Morgan fingerprint density at radius 3 is 2.11 bits per heavy atom. The van der Waals surface area contributed by atoms with E-state index in [1.54, 1.807) is 30.3 Å². The molecule has 0 aliphatic carbocycles. The summed E-state index contributed by atoms with van der Waals surface area (Å²) in [5.41, 5.74) is 0.424. The van der Waals surface area contributed by atoms with E-state index in [1.165, 1.54) is 6.07 Å². The van der Waals surface area contributed by atoms with E-state index < -0.39 is 25.6 Å². The topological polar surface area (TPSA) is 34.1 Å². The van der Waals surface area contributed by atoms with Gasteiger partial charge in [-0.2, -0.15) is 0 Å². The second-order valence-corrected chi connectivity index (χ2v) is 6.04. The van der Waals surface area contributed by atoms with Crippen LogP contribution in [0.4, 0.5) is 8.78 Å². The van der Waals surface area contributed by atoms with Crippen LogP contribution in [0.3, 0.4) is 0 Å². The predicted octanol–water partition coefficient (Wildman–Crippen LogP) is 3.56. The van der Waals surface area contributed by atoms with E-state index in [0.717, 1.165) is 6.07 Å². The van der Waals surface area contributed by atoms with E-state index in [2.05, 4.69) is 0 Å². The molecule has 0 saturated heterocycles. The van der Waals surface area contributed by atoms with E-state index >= 15 is 0 Å². The molecule has 0 bridgehead atoms. The molecule has 0 spiro atoms. The van der Waals surface area contributed by atoms with Gasteiger partial charge in [-0.15, -0.1) is 0 Å². The summed E-state index contributed by atoms with van der Waals surface area (Å²) in [6, 6.07) is 10.3. The monoisotopic (exact) mass is 288 g/mol. The fraction of sp³-hybridized carbons (Fsp3) is 0. The van der Waals surface area contributed by atoms with Crippen molar-refractivity contribution < 1.29 is 17.2 Å². The Morgan fingerprint density at radius 2 is 1.56 bits per heavy atom. The van der Waals surface area contributed by atoms with Gasteiger partial charge in [0.15, 0.2) is 10.7 Å². The van der Waals surface area contributed by atoms with Crippen LogP contribution in [0.2, 0.25) is 0 Å². The molecule has 2 aromatic rings. The molecule has 0 unspecified atom stereocenters. The molecule has 6 heteroatoms. The molecule has 2 rings (SSSR count). The maximum atomic E-state index is 14.0. The third-order valence-corrected chi connectivity index (χ3v) is 3.70. The minimum absolute atomic E-state index is 0.0174. The number of hydrogen-bond acceptors (Lipinski definition) is 2. The van der Waals surface area contributed by atoms with Crippen molar-refractivity contribution in [2.75, 3.05) is 0 Å². The summed E-state index contributed by atoms with van der Waals surface area (Å²) in [5, 5.41) is 0. The molecule has 0 aliphatic heterocycles. The highest BCUT2D eigenvalue weighted by atomic mass is 35.7. The highest BCUT2D eigenvalue weighted by Gasteiger charge is 2.24. The van der Waals surface area contributed by atoms with Crippen LogP contribution in [0.15, 0.2) is 47.4 Å². The fourth-order valence-electron chi connectivity index (χ4n) is 1.60. The Bertz CT molecular complexity index is 685. The molecule has 2 aromatic carbocycles. The summed E-state index contributed by atoms with van der Waals surface area (Å²) in [7, 11) is 0.548. The fourth-order valence-corrected chi connectivity index (χ4v) is 2.65. The maximum Gasteiger partial charge on any atom is 0.267 e. The van der Waals surface area contributed by atoms with Crippen molar-refractivity contribution in [2.45, 2.75) is 4.90 Å². The van der Waals surface area contributed by atoms with Gasteiger partial charge in [0.2, 0.25) is 0 Å². The average molecular weight is 289 g/mol. The zero-order chi connectivity index (χ0) is 13.3. The van der Waals surface area contributed by atoms with Gasteiger partial charge in [-0.1, -0.05) is 30.3 Å². The van der Waals surface area contributed by atoms with Crippen LogP contribution in [0.25, 0.3) is 11.1 Å². The van der Waals surface area contributed by atoms with Gasteiger partial charge in [0.25, 0.3) is 9.05 Å². The zero-order valence-electron chi connectivity index (χ0n) is 8.90. The first-order chi connectivity index (χ1) is 8.41. The summed E-state index contributed by atoms with van der Waals surface area (Å²) in [4.78, 5) is -1.12. The molecule has 0 atom stereocenters. The molecule has 0 fully saturated rings. The van der Waals surface area contributed by atoms with E-state index in [4.69, 9.17) is 10.7 Å². The third-order valence-electron chi connectivity index (χ3n) is 2.38. The van der Waals surface area contributed by atoms with E-state index in [1.807, 2.05) is 0 Å². The molecular weight excluding hydrogens is 282 g/mol. The Kier molecular flexibility index (Phi) is 3.36. The largest absolute Gasteiger partial charge is 0.267 e. The van der Waals surface area contributed by atoms with E-state index in [9.17, 15) is 17.2 Å². The molecule has 18 heavy (non-hydrogen) atoms. The summed E-state index contributed by atoms with van der Waals surface area (Å²) in [5.74, 6) is -2.39. The van der Waals surface area contributed by atoms with Gasteiger partial charge >= 0.3 is 0 Å². The van der Waals surface area contributed by atoms with Gasteiger partial charge in [0, 0.05) is 16.2 Å². The molecule has 0 aliphatic rings. The van der Waals surface area contributed by atoms with Crippen molar-refractivity contribution in [2.24, 2.45) is 0 Å². The summed E-state index contributed by atoms with van der Waals surface area (Å²) < 4.78 is 49.6. The Balaban J connectivity index is 2.74. The number of halogens is 3. The van der Waals surface area contributed by atoms with Crippen LogP contribution in [0, 0.1) is 11.6 Å². The van der Waals surface area contributed by atoms with Crippen LogP contribution in [-0.4, -0.2) is 8.42 Å². The van der Waals surface area contributed by atoms with Gasteiger partial charge < -0.3 is 0 Å². The van der Waals surface area contributed by atoms with Crippen LogP contribution in [0.1, 0.15) is 0 Å². The Hall–Kier alpha value is -1.46. The first-order valence-electron chi connectivity index (χ1n) is 4.89. The molecule has 2 nitrogen and oxygen atoms in total. The highest BCUT2D eigenvalue weighted by molar-refractivity contribution is 8.13. The Morgan fingerprint density at radius 1 is 0.944 bits per heavy atom. The second-order valence-electron chi connectivity index (χ2n) is 3.54. The average Bonchev–Trinajstić information content (AvgIpc) is 2.28. The lowest BCUT2D eigenvalue weighted by molar-refractivity contribution is 0.526. The van der Waals surface area contributed by atoms with Crippen LogP contribution < -0.4 is 0 Å². The van der Waals surface area contributed by atoms with Gasteiger partial charge in [-0.05, 0) is 17.7 Å². The molecule has 0 radical (unpaired) electrons. The van der Waals surface area contributed by atoms with E-state index in [0.29, 0.717) is 5.56 Å². The smallest absolute Gasteiger partial charge is 0.207 e.